The molecular formula is C10H9F3N4S. The van der Waals surface area contributed by atoms with Crippen LogP contribution in [0.1, 0.15) is 17.2 Å². The lowest BCUT2D eigenvalue weighted by Gasteiger charge is -2.05. The van der Waals surface area contributed by atoms with Crippen molar-refractivity contribution in [1.82, 2.24) is 19.7 Å². The molecule has 4 nitrogen and oxygen atoms in total. The van der Waals surface area contributed by atoms with Crippen molar-refractivity contribution in [1.29, 1.82) is 0 Å². The molecule has 0 amide bonds. The second-order valence-corrected chi connectivity index (χ2v) is 4.17. The minimum Gasteiger partial charge on any atom is -0.287 e. The number of rotatable bonds is 1. The summed E-state index contributed by atoms with van der Waals surface area (Å²) >= 11 is 4.88. The van der Waals surface area contributed by atoms with Gasteiger partial charge in [0.25, 0.3) is 0 Å². The Bertz CT molecular complexity index is 621. The van der Waals surface area contributed by atoms with E-state index in [1.807, 2.05) is 0 Å². The third-order valence-corrected chi connectivity index (χ3v) is 2.51. The fraction of sp³-hybridized carbons (Fsp3) is 0.300. The Morgan fingerprint density at radius 2 is 1.89 bits per heavy atom. The fourth-order valence-electron chi connectivity index (χ4n) is 1.52. The predicted octanol–water partition coefficient (Wildman–Crippen LogP) is 2.96. The first-order valence-electron chi connectivity index (χ1n) is 4.99. The zero-order valence-electron chi connectivity index (χ0n) is 9.54. The van der Waals surface area contributed by atoms with Crippen LogP contribution in [0.15, 0.2) is 12.1 Å². The number of H-pyrrole nitrogens is 1. The highest BCUT2D eigenvalue weighted by atomic mass is 32.1. The maximum Gasteiger partial charge on any atom is 0.432 e. The average molecular weight is 274 g/mol. The van der Waals surface area contributed by atoms with Crippen LogP contribution in [0.25, 0.3) is 5.82 Å². The standard InChI is InChI=1S/C10H9F3N4S/c1-5-3-8(15-6(2)14-5)17-9(18)4-7(16-17)10(11,12)13/h3-4,16H,1-2H3. The number of nitrogens with zero attached hydrogens (tertiary/aromatic N) is 3. The van der Waals surface area contributed by atoms with E-state index in [1.165, 1.54) is 0 Å². The molecule has 0 fully saturated rings. The van der Waals surface area contributed by atoms with E-state index in [1.54, 1.807) is 19.9 Å². The highest BCUT2D eigenvalue weighted by Crippen LogP contribution is 2.28. The maximum atomic E-state index is 12.5. The van der Waals surface area contributed by atoms with Crippen LogP contribution in [0, 0.1) is 18.5 Å². The summed E-state index contributed by atoms with van der Waals surface area (Å²) in [6.07, 6.45) is -4.46. The smallest absolute Gasteiger partial charge is 0.287 e. The van der Waals surface area contributed by atoms with Crippen molar-refractivity contribution in [3.05, 3.63) is 34.0 Å². The molecule has 0 radical (unpaired) electrons. The van der Waals surface area contributed by atoms with Gasteiger partial charge in [-0.3, -0.25) is 5.10 Å². The van der Waals surface area contributed by atoms with Crippen LogP contribution in [-0.2, 0) is 6.18 Å². The summed E-state index contributed by atoms with van der Waals surface area (Å²) < 4.78 is 38.7. The van der Waals surface area contributed by atoms with E-state index in [0.29, 0.717) is 17.3 Å². The van der Waals surface area contributed by atoms with Crippen molar-refractivity contribution in [3.63, 3.8) is 0 Å². The highest BCUT2D eigenvalue weighted by Gasteiger charge is 2.33. The number of hydrogen-bond donors (Lipinski definition) is 1. The van der Waals surface area contributed by atoms with Gasteiger partial charge in [0.15, 0.2) is 5.82 Å². The Hall–Kier alpha value is -1.70. The molecule has 0 saturated heterocycles. The summed E-state index contributed by atoms with van der Waals surface area (Å²) in [6.45, 7) is 3.39. The van der Waals surface area contributed by atoms with Crippen LogP contribution in [-0.4, -0.2) is 19.7 Å². The van der Waals surface area contributed by atoms with Crippen molar-refractivity contribution in [3.8, 4) is 5.82 Å². The molecule has 0 unspecified atom stereocenters. The molecule has 1 N–H and O–H groups in total. The van der Waals surface area contributed by atoms with Crippen molar-refractivity contribution in [2.45, 2.75) is 20.0 Å². The molecule has 18 heavy (non-hydrogen) atoms. The first-order chi connectivity index (χ1) is 8.27. The first kappa shape index (κ1) is 12.7. The molecule has 0 aliphatic heterocycles. The molecule has 0 aliphatic rings. The molecule has 2 aromatic rings. The number of hydrogen-bond acceptors (Lipinski definition) is 3. The van der Waals surface area contributed by atoms with Crippen molar-refractivity contribution < 1.29 is 13.2 Å². The number of alkyl halides is 3. The molecule has 2 aromatic heterocycles. The van der Waals surface area contributed by atoms with E-state index in [2.05, 4.69) is 15.1 Å². The molecule has 0 aliphatic carbocycles. The normalized spacial score (nSPS) is 11.8. The molecule has 96 valence electrons. The molecule has 0 atom stereocenters. The minimum absolute atomic E-state index is 0.0137. The zero-order valence-corrected chi connectivity index (χ0v) is 10.4. The summed E-state index contributed by atoms with van der Waals surface area (Å²) in [5, 5.41) is 2.19. The summed E-state index contributed by atoms with van der Waals surface area (Å²) in [5.74, 6) is 0.760. The Labute approximate surface area is 105 Å². The monoisotopic (exact) mass is 274 g/mol. The summed E-state index contributed by atoms with van der Waals surface area (Å²) in [7, 11) is 0. The summed E-state index contributed by atoms with van der Waals surface area (Å²) in [5.41, 5.74) is -0.246. The van der Waals surface area contributed by atoms with Gasteiger partial charge in [0.1, 0.15) is 16.2 Å². The topological polar surface area (TPSA) is 46.5 Å². The van der Waals surface area contributed by atoms with Gasteiger partial charge in [-0.2, -0.15) is 13.2 Å². The van der Waals surface area contributed by atoms with Gasteiger partial charge in [0.2, 0.25) is 0 Å². The van der Waals surface area contributed by atoms with Gasteiger partial charge in [0, 0.05) is 17.8 Å². The lowest BCUT2D eigenvalue weighted by atomic mass is 10.4. The average Bonchev–Trinajstić information content (AvgIpc) is 2.58. The predicted molar refractivity (Wildman–Crippen MR) is 61.0 cm³/mol. The second-order valence-electron chi connectivity index (χ2n) is 3.76. The number of halogens is 3. The molecule has 8 heteroatoms. The Morgan fingerprint density at radius 3 is 2.39 bits per heavy atom. The lowest BCUT2D eigenvalue weighted by Crippen LogP contribution is -2.08. The first-order valence-corrected chi connectivity index (χ1v) is 5.40. The van der Waals surface area contributed by atoms with Crippen LogP contribution in [0.5, 0.6) is 0 Å². The minimum atomic E-state index is -4.46. The summed E-state index contributed by atoms with van der Waals surface area (Å²) in [6, 6.07) is 2.42. The molecule has 2 heterocycles. The van der Waals surface area contributed by atoms with Gasteiger partial charge in [-0.25, -0.2) is 14.6 Å². The number of aryl methyl sites for hydroxylation is 2. The molecule has 0 aromatic carbocycles. The zero-order chi connectivity index (χ0) is 13.5. The van der Waals surface area contributed by atoms with Gasteiger partial charge in [-0.05, 0) is 13.8 Å². The second kappa shape index (κ2) is 4.20. The van der Waals surface area contributed by atoms with E-state index in [4.69, 9.17) is 12.2 Å². The van der Waals surface area contributed by atoms with Crippen LogP contribution < -0.4 is 0 Å². The Morgan fingerprint density at radius 1 is 1.22 bits per heavy atom. The summed E-state index contributed by atoms with van der Waals surface area (Å²) in [4.78, 5) is 8.10. The molecular weight excluding hydrogens is 265 g/mol. The largest absolute Gasteiger partial charge is 0.432 e. The van der Waals surface area contributed by atoms with E-state index in [-0.39, 0.29) is 4.64 Å². The highest BCUT2D eigenvalue weighted by molar-refractivity contribution is 7.71. The third kappa shape index (κ3) is 2.42. The van der Waals surface area contributed by atoms with Gasteiger partial charge in [0.05, 0.1) is 0 Å². The maximum absolute atomic E-state index is 12.5. The molecule has 0 spiro atoms. The van der Waals surface area contributed by atoms with Gasteiger partial charge < -0.3 is 0 Å². The van der Waals surface area contributed by atoms with Crippen LogP contribution in [0.2, 0.25) is 0 Å². The number of nitrogens with one attached hydrogen (secondary N) is 1. The van der Waals surface area contributed by atoms with Crippen molar-refractivity contribution >= 4 is 12.2 Å². The van der Waals surface area contributed by atoms with Crippen molar-refractivity contribution in [2.24, 2.45) is 0 Å². The molecule has 0 bridgehead atoms. The van der Waals surface area contributed by atoms with E-state index >= 15 is 0 Å². The molecule has 2 rings (SSSR count). The number of aromatic amines is 1. The van der Waals surface area contributed by atoms with Crippen molar-refractivity contribution in [2.75, 3.05) is 0 Å². The fourth-order valence-corrected chi connectivity index (χ4v) is 1.78. The van der Waals surface area contributed by atoms with E-state index in [0.717, 1.165) is 10.7 Å². The quantitative estimate of drug-likeness (QED) is 0.813. The third-order valence-electron chi connectivity index (χ3n) is 2.21. The van der Waals surface area contributed by atoms with Crippen LogP contribution in [0.4, 0.5) is 13.2 Å². The number of aromatic nitrogens is 4. The van der Waals surface area contributed by atoms with E-state index < -0.39 is 11.9 Å². The van der Waals surface area contributed by atoms with Gasteiger partial charge >= 0.3 is 6.18 Å². The van der Waals surface area contributed by atoms with Gasteiger partial charge in [-0.1, -0.05) is 12.2 Å². The lowest BCUT2D eigenvalue weighted by molar-refractivity contribution is -0.141. The van der Waals surface area contributed by atoms with Crippen LogP contribution >= 0.6 is 12.2 Å². The Kier molecular flexibility index (Phi) is 2.97. The molecule has 0 saturated carbocycles. The van der Waals surface area contributed by atoms with Gasteiger partial charge in [-0.15, -0.1) is 0 Å². The SMILES string of the molecule is Cc1cc(-n2[nH]c(C(F)(F)F)cc2=S)nc(C)n1. The van der Waals surface area contributed by atoms with E-state index in [9.17, 15) is 13.2 Å². The Balaban J connectivity index is 2.58. The van der Waals surface area contributed by atoms with Crippen LogP contribution in [0.3, 0.4) is 0 Å².